The zero-order valence-electron chi connectivity index (χ0n) is 11.5. The number of hydrogen-bond donors (Lipinski definition) is 3. The van der Waals surface area contributed by atoms with Crippen molar-refractivity contribution in [1.29, 1.82) is 0 Å². The van der Waals surface area contributed by atoms with Crippen LogP contribution in [0.15, 0.2) is 0 Å². The Hall–Kier alpha value is -1.11. The van der Waals surface area contributed by atoms with Crippen LogP contribution in [-0.4, -0.2) is 44.9 Å². The second-order valence-corrected chi connectivity index (χ2v) is 7.27. The fourth-order valence-electron chi connectivity index (χ4n) is 2.93. The van der Waals surface area contributed by atoms with Crippen LogP contribution >= 0.6 is 0 Å². The maximum Gasteiger partial charge on any atom is 0.315 e. The van der Waals surface area contributed by atoms with Crippen molar-refractivity contribution in [2.75, 3.05) is 11.5 Å². The van der Waals surface area contributed by atoms with Crippen LogP contribution in [0.5, 0.6) is 0 Å². The molecule has 2 rings (SSSR count). The third-order valence-corrected chi connectivity index (χ3v) is 5.50. The molecule has 2 amide bonds. The topological polar surface area (TPSA) is 95.5 Å². The van der Waals surface area contributed by atoms with Gasteiger partial charge in [-0.1, -0.05) is 12.8 Å². The molecule has 0 aromatic carbocycles. The minimum absolute atomic E-state index is 0.0552. The molecule has 0 radical (unpaired) electrons. The maximum absolute atomic E-state index is 11.9. The largest absolute Gasteiger partial charge is 0.481 e. The van der Waals surface area contributed by atoms with E-state index in [-0.39, 0.29) is 18.1 Å². The first-order valence-corrected chi connectivity index (χ1v) is 8.70. The van der Waals surface area contributed by atoms with E-state index in [2.05, 4.69) is 10.6 Å². The quantitative estimate of drug-likeness (QED) is 0.720. The second-order valence-electron chi connectivity index (χ2n) is 5.58. The van der Waals surface area contributed by atoms with E-state index in [4.69, 9.17) is 5.11 Å². The van der Waals surface area contributed by atoms with Gasteiger partial charge in [-0.05, 0) is 25.7 Å². The Labute approximate surface area is 121 Å². The first kappa shape index (κ1) is 15.3. The van der Waals surface area contributed by atoms with Crippen molar-refractivity contribution in [1.82, 2.24) is 10.6 Å². The smallest absolute Gasteiger partial charge is 0.315 e. The van der Waals surface area contributed by atoms with E-state index in [1.807, 2.05) is 0 Å². The number of urea groups is 1. The van der Waals surface area contributed by atoms with Gasteiger partial charge < -0.3 is 15.7 Å². The predicted octanol–water partition coefficient (Wildman–Crippen LogP) is 0.840. The zero-order valence-corrected chi connectivity index (χ0v) is 12.3. The van der Waals surface area contributed by atoms with Gasteiger partial charge in [0.2, 0.25) is 0 Å². The number of nitrogens with one attached hydrogen (secondary N) is 2. The lowest BCUT2D eigenvalue weighted by Gasteiger charge is -2.30. The van der Waals surface area contributed by atoms with Crippen LogP contribution < -0.4 is 10.6 Å². The SMILES string of the molecule is O=C(NC1CCS(=O)CC1)NC1CCCCC1C(=O)O. The molecule has 1 saturated carbocycles. The normalized spacial score (nSPS) is 34.2. The summed E-state index contributed by atoms with van der Waals surface area (Å²) in [5.41, 5.74) is 0. The molecule has 1 aliphatic heterocycles. The summed E-state index contributed by atoms with van der Waals surface area (Å²) in [5, 5.41) is 14.8. The van der Waals surface area contributed by atoms with Gasteiger partial charge in [0.1, 0.15) is 0 Å². The highest BCUT2D eigenvalue weighted by molar-refractivity contribution is 7.85. The van der Waals surface area contributed by atoms with Gasteiger partial charge in [-0.15, -0.1) is 0 Å². The van der Waals surface area contributed by atoms with Gasteiger partial charge in [0.15, 0.2) is 0 Å². The molecule has 6 nitrogen and oxygen atoms in total. The minimum atomic E-state index is -0.830. The molecule has 20 heavy (non-hydrogen) atoms. The molecule has 1 aliphatic carbocycles. The van der Waals surface area contributed by atoms with Crippen LogP contribution in [0.2, 0.25) is 0 Å². The summed E-state index contributed by atoms with van der Waals surface area (Å²) in [5.74, 6) is -0.0467. The van der Waals surface area contributed by atoms with Gasteiger partial charge in [0, 0.05) is 34.4 Å². The molecule has 2 aliphatic rings. The fraction of sp³-hybridized carbons (Fsp3) is 0.846. The molecule has 0 bridgehead atoms. The Morgan fingerprint density at radius 3 is 2.30 bits per heavy atom. The van der Waals surface area contributed by atoms with Gasteiger partial charge >= 0.3 is 12.0 Å². The lowest BCUT2D eigenvalue weighted by molar-refractivity contribution is -0.143. The molecule has 2 atom stereocenters. The predicted molar refractivity (Wildman–Crippen MR) is 75.9 cm³/mol. The van der Waals surface area contributed by atoms with E-state index < -0.39 is 22.7 Å². The number of aliphatic carboxylic acids is 1. The molecule has 0 aromatic heterocycles. The Morgan fingerprint density at radius 1 is 1.00 bits per heavy atom. The first-order valence-electron chi connectivity index (χ1n) is 7.21. The average Bonchev–Trinajstić information content (AvgIpc) is 2.41. The van der Waals surface area contributed by atoms with E-state index in [0.717, 1.165) is 32.1 Å². The zero-order chi connectivity index (χ0) is 14.5. The van der Waals surface area contributed by atoms with E-state index in [0.29, 0.717) is 17.9 Å². The summed E-state index contributed by atoms with van der Waals surface area (Å²) in [6.07, 6.45) is 4.67. The summed E-state index contributed by atoms with van der Waals surface area (Å²) < 4.78 is 11.2. The Bertz CT molecular complexity index is 392. The summed E-state index contributed by atoms with van der Waals surface area (Å²) in [6.45, 7) is 0. The third-order valence-electron chi connectivity index (χ3n) is 4.12. The number of carbonyl (C=O) groups is 2. The Balaban J connectivity index is 1.80. The molecule has 0 aromatic rings. The molecule has 0 spiro atoms. The number of carboxylic acids is 1. The second kappa shape index (κ2) is 7.06. The first-order chi connectivity index (χ1) is 9.56. The standard InChI is InChI=1S/C13H22N2O4S/c16-12(17)10-3-1-2-4-11(10)15-13(18)14-9-5-7-20(19)8-6-9/h9-11H,1-8H2,(H,16,17)(H2,14,15,18). The van der Waals surface area contributed by atoms with E-state index in [1.165, 1.54) is 0 Å². The number of amides is 2. The Kier molecular flexibility index (Phi) is 5.39. The lowest BCUT2D eigenvalue weighted by atomic mass is 9.84. The lowest BCUT2D eigenvalue weighted by Crippen LogP contribution is -2.51. The molecular formula is C13H22N2O4S. The molecule has 114 valence electrons. The molecule has 2 fully saturated rings. The number of rotatable bonds is 3. The van der Waals surface area contributed by atoms with Crippen molar-refractivity contribution in [2.24, 2.45) is 5.92 Å². The molecule has 1 heterocycles. The number of carbonyl (C=O) groups excluding carboxylic acids is 1. The molecule has 2 unspecified atom stereocenters. The van der Waals surface area contributed by atoms with Crippen LogP contribution in [-0.2, 0) is 15.6 Å². The highest BCUT2D eigenvalue weighted by atomic mass is 32.2. The maximum atomic E-state index is 11.9. The highest BCUT2D eigenvalue weighted by Crippen LogP contribution is 2.24. The van der Waals surface area contributed by atoms with Crippen LogP contribution in [0.4, 0.5) is 4.79 Å². The van der Waals surface area contributed by atoms with Crippen molar-refractivity contribution in [3.63, 3.8) is 0 Å². The van der Waals surface area contributed by atoms with Crippen LogP contribution in [0.25, 0.3) is 0 Å². The minimum Gasteiger partial charge on any atom is -0.481 e. The van der Waals surface area contributed by atoms with Crippen molar-refractivity contribution < 1.29 is 18.9 Å². The molecular weight excluding hydrogens is 280 g/mol. The Morgan fingerprint density at radius 2 is 1.65 bits per heavy atom. The van der Waals surface area contributed by atoms with Crippen molar-refractivity contribution in [2.45, 2.75) is 50.6 Å². The van der Waals surface area contributed by atoms with E-state index in [1.54, 1.807) is 0 Å². The van der Waals surface area contributed by atoms with E-state index >= 15 is 0 Å². The summed E-state index contributed by atoms with van der Waals surface area (Å²) in [4.78, 5) is 23.1. The van der Waals surface area contributed by atoms with Crippen molar-refractivity contribution in [3.8, 4) is 0 Å². The molecule has 3 N–H and O–H groups in total. The highest BCUT2D eigenvalue weighted by Gasteiger charge is 2.32. The third kappa shape index (κ3) is 4.19. The average molecular weight is 302 g/mol. The van der Waals surface area contributed by atoms with Crippen LogP contribution in [0, 0.1) is 5.92 Å². The number of hydrogen-bond acceptors (Lipinski definition) is 3. The monoisotopic (exact) mass is 302 g/mol. The summed E-state index contributed by atoms with van der Waals surface area (Å²) in [7, 11) is -0.743. The fourth-order valence-corrected chi connectivity index (χ4v) is 4.23. The summed E-state index contributed by atoms with van der Waals surface area (Å²) >= 11 is 0. The van der Waals surface area contributed by atoms with Gasteiger partial charge in [0.05, 0.1) is 5.92 Å². The van der Waals surface area contributed by atoms with Gasteiger partial charge in [-0.2, -0.15) is 0 Å². The van der Waals surface area contributed by atoms with Gasteiger partial charge in [-0.25, -0.2) is 4.79 Å². The molecule has 1 saturated heterocycles. The van der Waals surface area contributed by atoms with Gasteiger partial charge in [-0.3, -0.25) is 9.00 Å². The summed E-state index contributed by atoms with van der Waals surface area (Å²) in [6, 6.07) is -0.514. The number of carboxylic acid groups (broad SMARTS) is 1. The van der Waals surface area contributed by atoms with Crippen LogP contribution in [0.1, 0.15) is 38.5 Å². The van der Waals surface area contributed by atoms with Crippen LogP contribution in [0.3, 0.4) is 0 Å². The van der Waals surface area contributed by atoms with Crippen molar-refractivity contribution in [3.05, 3.63) is 0 Å². The molecule has 7 heteroatoms. The van der Waals surface area contributed by atoms with Gasteiger partial charge in [0.25, 0.3) is 0 Å². The van der Waals surface area contributed by atoms with E-state index in [9.17, 15) is 13.8 Å². The van der Waals surface area contributed by atoms with Crippen molar-refractivity contribution >= 4 is 22.8 Å².